The molecule has 0 aromatic carbocycles. The van der Waals surface area contributed by atoms with Crippen molar-refractivity contribution in [3.05, 3.63) is 0 Å². The van der Waals surface area contributed by atoms with Gasteiger partial charge in [-0.15, -0.1) is 0 Å². The maximum absolute atomic E-state index is 6.02. The summed E-state index contributed by atoms with van der Waals surface area (Å²) in [6, 6.07) is 3.12. The number of nitrogens with one attached hydrogen (secondary N) is 2. The Kier molecular flexibility index (Phi) is 17.9. The first kappa shape index (κ1) is 45.3. The first-order chi connectivity index (χ1) is 20.4. The van der Waals surface area contributed by atoms with Gasteiger partial charge in [0.25, 0.3) is 0 Å². The first-order valence-electron chi connectivity index (χ1n) is 14.6. The normalized spacial score (nSPS) is 15.6. The Bertz CT molecular complexity index is 1050. The number of nitrogens with zero attached hydrogens (tertiary/aromatic N) is 14. The van der Waals surface area contributed by atoms with Crippen LogP contribution in [0.3, 0.4) is 0 Å². The summed E-state index contributed by atoms with van der Waals surface area (Å²) in [6.07, 6.45) is 0. The van der Waals surface area contributed by atoms with Crippen LogP contribution in [-0.2, 0) is 0 Å². The average molecular weight is 737 g/mol. The molecule has 0 bridgehead atoms. The molecular formula is C24H69N16P5. The van der Waals surface area contributed by atoms with Crippen LogP contribution in [0.25, 0.3) is 0 Å². The van der Waals surface area contributed by atoms with Crippen molar-refractivity contribution in [1.82, 2.24) is 57.1 Å². The van der Waals surface area contributed by atoms with Gasteiger partial charge in [-0.3, -0.25) is 0 Å². The molecule has 0 aromatic heterocycles. The zero-order valence-electron chi connectivity index (χ0n) is 32.5. The second-order valence-electron chi connectivity index (χ2n) is 12.4. The van der Waals surface area contributed by atoms with Crippen LogP contribution in [0.2, 0.25) is 0 Å². The molecule has 45 heavy (non-hydrogen) atoms. The molecule has 0 aliphatic heterocycles. The summed E-state index contributed by atoms with van der Waals surface area (Å²) in [5.41, 5.74) is 3.48. The van der Waals surface area contributed by atoms with Gasteiger partial charge in [0.15, 0.2) is 0 Å². The molecule has 0 rings (SSSR count). The fourth-order valence-electron chi connectivity index (χ4n) is 5.53. The Morgan fingerprint density at radius 1 is 0.400 bits per heavy atom. The van der Waals surface area contributed by atoms with Crippen LogP contribution in [0, 0.1) is 11.7 Å². The van der Waals surface area contributed by atoms with Crippen molar-refractivity contribution in [2.45, 2.75) is 0 Å². The van der Waals surface area contributed by atoms with E-state index in [0.29, 0.717) is 0 Å². The molecule has 0 saturated heterocycles. The molecule has 0 aliphatic rings. The average Bonchev–Trinajstić information content (AvgIpc) is 2.89. The second kappa shape index (κ2) is 17.8. The van der Waals surface area contributed by atoms with Gasteiger partial charge in [0.05, 0.1) is 0 Å². The summed E-state index contributed by atoms with van der Waals surface area (Å²) in [4.78, 5) is 0. The van der Waals surface area contributed by atoms with Crippen LogP contribution in [-0.4, -0.2) is 202 Å². The Labute approximate surface area is 279 Å². The summed E-state index contributed by atoms with van der Waals surface area (Å²) < 4.78 is 46.0. The minimum atomic E-state index is -3.95. The molecule has 0 amide bonds. The molecule has 1 unspecified atom stereocenters. The monoisotopic (exact) mass is 736 g/mol. The van der Waals surface area contributed by atoms with Crippen LogP contribution in [0.1, 0.15) is 0 Å². The van der Waals surface area contributed by atoms with Gasteiger partial charge in [-0.25, -0.2) is 0 Å². The van der Waals surface area contributed by atoms with E-state index in [-0.39, 0.29) is 0 Å². The van der Waals surface area contributed by atoms with Gasteiger partial charge in [0.1, 0.15) is 0 Å². The molecule has 16 nitrogen and oxygen atoms in total. The third-order valence-electron chi connectivity index (χ3n) is 7.14. The van der Waals surface area contributed by atoms with Crippen molar-refractivity contribution in [3.63, 3.8) is 0 Å². The molecule has 2 N–H and O–H groups in total. The third kappa shape index (κ3) is 9.29. The maximum atomic E-state index is 6.02. The van der Waals surface area contributed by atoms with E-state index in [1.165, 1.54) is 0 Å². The molecular weight excluding hydrogens is 667 g/mol. The Hall–Kier alpha value is 0.270. The Morgan fingerprint density at radius 3 is 0.800 bits per heavy atom. The van der Waals surface area contributed by atoms with E-state index in [2.05, 4.69) is 196 Å². The third-order valence-corrected chi connectivity index (χ3v) is 27.7. The van der Waals surface area contributed by atoms with Crippen molar-refractivity contribution in [3.8, 4) is 11.7 Å². The van der Waals surface area contributed by atoms with E-state index >= 15 is 0 Å². The van der Waals surface area contributed by atoms with Crippen LogP contribution < -0.4 is 10.4 Å². The molecule has 0 fully saturated rings. The van der Waals surface area contributed by atoms with Gasteiger partial charge in [0, 0.05) is 0 Å². The van der Waals surface area contributed by atoms with Crippen LogP contribution in [0.4, 0.5) is 0 Å². The molecule has 270 valence electrons. The molecule has 0 spiro atoms. The molecule has 0 saturated carbocycles. The quantitative estimate of drug-likeness (QED) is 0.143. The summed E-state index contributed by atoms with van der Waals surface area (Å²) in [7, 11) is 30.8. The standard InChI is InChI=1S/C24H69N16P5/c1-25-23-24-41(26-2,31(3)4)27-42(28-43(32(5)6,33(7)8)34(9)10,29-44(35(11)12,36(13)14)37(15)16)30-45(38(17)18,39(19)20)40(21)22/h25-26,42H,1-22H3. The van der Waals surface area contributed by atoms with Crippen molar-refractivity contribution < 1.29 is 0 Å². The SMILES string of the molecule is CNC#CP(=N[PH](N=P(N(C)C)(N(C)C)N(C)C)(N=P(N(C)C)(N(C)C)N(C)C)N=P(N(C)C)(N(C)C)N(C)C)(NC)N(C)C. The van der Waals surface area contributed by atoms with Crippen LogP contribution in [0.15, 0.2) is 18.1 Å². The Morgan fingerprint density at radius 2 is 0.644 bits per heavy atom. The topological polar surface area (TPSA) is 106 Å². The summed E-state index contributed by atoms with van der Waals surface area (Å²) >= 11 is 0. The molecule has 1 atom stereocenters. The van der Waals surface area contributed by atoms with E-state index in [4.69, 9.17) is 18.1 Å². The van der Waals surface area contributed by atoms with E-state index in [1.807, 2.05) is 28.2 Å². The van der Waals surface area contributed by atoms with E-state index in [1.54, 1.807) is 0 Å². The predicted octanol–water partition coefficient (Wildman–Crippen LogP) is 4.24. The van der Waals surface area contributed by atoms with Crippen molar-refractivity contribution in [2.75, 3.05) is 155 Å². The van der Waals surface area contributed by atoms with Gasteiger partial charge >= 0.3 is 280 Å². The first-order valence-corrected chi connectivity index (χ1v) is 22.9. The summed E-state index contributed by atoms with van der Waals surface area (Å²) in [5, 5.41) is 6.57. The van der Waals surface area contributed by atoms with Crippen molar-refractivity contribution >= 4 is 37.7 Å². The molecule has 21 heteroatoms. The number of rotatable bonds is 15. The van der Waals surface area contributed by atoms with Crippen LogP contribution in [0.5, 0.6) is 0 Å². The predicted molar refractivity (Wildman–Crippen MR) is 208 cm³/mol. The van der Waals surface area contributed by atoms with E-state index in [9.17, 15) is 0 Å². The zero-order chi connectivity index (χ0) is 35.9. The number of hydrogen-bond donors (Lipinski definition) is 2. The van der Waals surface area contributed by atoms with Gasteiger partial charge in [-0.05, 0) is 0 Å². The van der Waals surface area contributed by atoms with Crippen molar-refractivity contribution in [1.29, 1.82) is 0 Å². The van der Waals surface area contributed by atoms with Gasteiger partial charge in [-0.2, -0.15) is 0 Å². The van der Waals surface area contributed by atoms with Gasteiger partial charge in [-0.1, -0.05) is 0 Å². The summed E-state index contributed by atoms with van der Waals surface area (Å²) in [6.45, 7) is 0. The molecule has 0 heterocycles. The zero-order valence-corrected chi connectivity index (χ0v) is 37.1. The number of hydrogen-bond acceptors (Lipinski definition) is 5. The van der Waals surface area contributed by atoms with Crippen LogP contribution >= 0.6 is 37.7 Å². The van der Waals surface area contributed by atoms with E-state index in [0.717, 1.165) is 0 Å². The van der Waals surface area contributed by atoms with Gasteiger partial charge in [0.2, 0.25) is 0 Å². The fraction of sp³-hybridized carbons (Fsp3) is 0.917. The molecule has 0 aromatic rings. The van der Waals surface area contributed by atoms with E-state index < -0.39 is 37.7 Å². The molecule has 0 aliphatic carbocycles. The summed E-state index contributed by atoms with van der Waals surface area (Å²) in [5.74, 6) is 0. The molecule has 0 radical (unpaired) electrons. The Balaban J connectivity index is 10.2. The second-order valence-corrected chi connectivity index (χ2v) is 29.9. The fourth-order valence-corrected chi connectivity index (χ4v) is 29.7. The van der Waals surface area contributed by atoms with Crippen molar-refractivity contribution in [2.24, 2.45) is 18.1 Å². The van der Waals surface area contributed by atoms with Gasteiger partial charge < -0.3 is 0 Å². The minimum absolute atomic E-state index is 1.82.